The van der Waals surface area contributed by atoms with Gasteiger partial charge in [-0.25, -0.2) is 0 Å². The Morgan fingerprint density at radius 3 is 2.09 bits per heavy atom. The Balaban J connectivity index is 1.55. The molecule has 0 bridgehead atoms. The van der Waals surface area contributed by atoms with Crippen molar-refractivity contribution in [3.8, 4) is 17.1 Å². The first-order valence-corrected chi connectivity index (χ1v) is 11.6. The monoisotopic (exact) mass is 456 g/mol. The maximum atomic E-state index is 10.2. The van der Waals surface area contributed by atoms with Gasteiger partial charge in [-0.2, -0.15) is 0 Å². The second-order valence-corrected chi connectivity index (χ2v) is 9.70. The minimum atomic E-state index is -1.04. The number of aromatic nitrogens is 2. The lowest BCUT2D eigenvalue weighted by Gasteiger charge is -2.35. The van der Waals surface area contributed by atoms with Gasteiger partial charge in [0, 0.05) is 23.2 Å². The van der Waals surface area contributed by atoms with Crippen LogP contribution < -0.4 is 4.74 Å². The summed E-state index contributed by atoms with van der Waals surface area (Å²) in [4.78, 5) is 4.31. The minimum Gasteiger partial charge on any atom is -0.487 e. The molecule has 1 N–H and O–H groups in total. The molecule has 0 saturated carbocycles. The predicted molar refractivity (Wildman–Crippen MR) is 133 cm³/mol. The van der Waals surface area contributed by atoms with Crippen LogP contribution >= 0.6 is 0 Å². The lowest BCUT2D eigenvalue weighted by molar-refractivity contribution is 0.0701. The molecule has 4 aromatic rings. The van der Waals surface area contributed by atoms with Gasteiger partial charge in [0.05, 0.1) is 5.69 Å². The molecule has 176 valence electrons. The molecule has 5 heteroatoms. The van der Waals surface area contributed by atoms with Crippen LogP contribution in [0, 0.1) is 5.92 Å². The summed E-state index contributed by atoms with van der Waals surface area (Å²) in [5.41, 5.74) is 3.57. The van der Waals surface area contributed by atoms with Crippen molar-refractivity contribution in [2.75, 3.05) is 0 Å². The zero-order valence-electron chi connectivity index (χ0n) is 20.4. The summed E-state index contributed by atoms with van der Waals surface area (Å²) in [6.07, 6.45) is 1.77. The fraction of sp³-hybridized carbons (Fsp3) is 0.310. The van der Waals surface area contributed by atoms with Crippen LogP contribution in [-0.2, 0) is 17.6 Å². The van der Waals surface area contributed by atoms with Crippen LogP contribution in [0.25, 0.3) is 11.3 Å². The summed E-state index contributed by atoms with van der Waals surface area (Å²) in [5, 5.41) is 14.2. The summed E-state index contributed by atoms with van der Waals surface area (Å²) in [6, 6.07) is 24.4. The van der Waals surface area contributed by atoms with Gasteiger partial charge in [-0.1, -0.05) is 68.4 Å². The third-order valence-electron chi connectivity index (χ3n) is 6.63. The van der Waals surface area contributed by atoms with Crippen molar-refractivity contribution in [3.63, 3.8) is 0 Å². The minimum absolute atomic E-state index is 0.183. The van der Waals surface area contributed by atoms with E-state index in [-0.39, 0.29) is 5.41 Å². The second kappa shape index (κ2) is 9.43. The average Bonchev–Trinajstić information content (AvgIpc) is 3.34. The summed E-state index contributed by atoms with van der Waals surface area (Å²) in [5.74, 6) is 1.83. The Bertz CT molecular complexity index is 1210. The SMILES string of the molecule is CC(C)C(C)(c1ccc(OCc2ccccn2)cc1)c1ccc(-c2cc(C(C)(C)O)no2)cc1. The summed E-state index contributed by atoms with van der Waals surface area (Å²) in [7, 11) is 0. The standard InChI is InChI=1S/C29H32N2O3/c1-20(2)29(5,23-13-15-25(16-14-23)33-19-24-8-6-7-17-30-24)22-11-9-21(10-12-22)26-18-27(31-34-26)28(3,4)32/h6-18,20,32H,19H2,1-5H3. The third kappa shape index (κ3) is 4.90. The first-order valence-electron chi connectivity index (χ1n) is 11.6. The maximum Gasteiger partial charge on any atom is 0.167 e. The van der Waals surface area contributed by atoms with Crippen molar-refractivity contribution in [2.24, 2.45) is 5.92 Å². The molecular formula is C29H32N2O3. The molecule has 0 spiro atoms. The Hall–Kier alpha value is -3.44. The lowest BCUT2D eigenvalue weighted by Crippen LogP contribution is -2.30. The molecule has 0 radical (unpaired) electrons. The number of benzene rings is 2. The lowest BCUT2D eigenvalue weighted by atomic mass is 9.68. The van der Waals surface area contributed by atoms with Gasteiger partial charge in [0.15, 0.2) is 5.76 Å². The van der Waals surface area contributed by atoms with E-state index in [1.165, 1.54) is 11.1 Å². The molecule has 0 amide bonds. The largest absolute Gasteiger partial charge is 0.487 e. The summed E-state index contributed by atoms with van der Waals surface area (Å²) in [6.45, 7) is 10.6. The average molecular weight is 457 g/mol. The Morgan fingerprint density at radius 1 is 0.912 bits per heavy atom. The number of hydrogen-bond acceptors (Lipinski definition) is 5. The van der Waals surface area contributed by atoms with Gasteiger partial charge in [0.1, 0.15) is 23.7 Å². The fourth-order valence-electron chi connectivity index (χ4n) is 4.05. The van der Waals surface area contributed by atoms with E-state index >= 15 is 0 Å². The molecule has 0 fully saturated rings. The van der Waals surface area contributed by atoms with Gasteiger partial charge in [-0.3, -0.25) is 4.98 Å². The van der Waals surface area contributed by atoms with Crippen LogP contribution in [-0.4, -0.2) is 15.2 Å². The van der Waals surface area contributed by atoms with Crippen molar-refractivity contribution in [2.45, 2.75) is 52.2 Å². The van der Waals surface area contributed by atoms with Gasteiger partial charge < -0.3 is 14.4 Å². The molecule has 0 aliphatic carbocycles. The van der Waals surface area contributed by atoms with Crippen LogP contribution in [0.1, 0.15) is 57.1 Å². The van der Waals surface area contributed by atoms with E-state index in [9.17, 15) is 5.11 Å². The van der Waals surface area contributed by atoms with Crippen molar-refractivity contribution in [1.82, 2.24) is 10.1 Å². The van der Waals surface area contributed by atoms with E-state index in [4.69, 9.17) is 9.26 Å². The first-order chi connectivity index (χ1) is 16.2. The maximum absolute atomic E-state index is 10.2. The highest BCUT2D eigenvalue weighted by molar-refractivity contribution is 5.59. The molecule has 2 heterocycles. The van der Waals surface area contributed by atoms with Crippen LogP contribution in [0.15, 0.2) is 83.5 Å². The number of hydrogen-bond donors (Lipinski definition) is 1. The number of nitrogens with zero attached hydrogens (tertiary/aromatic N) is 2. The Morgan fingerprint density at radius 2 is 1.56 bits per heavy atom. The van der Waals surface area contributed by atoms with Crippen molar-refractivity contribution in [1.29, 1.82) is 0 Å². The van der Waals surface area contributed by atoms with Crippen molar-refractivity contribution >= 4 is 0 Å². The highest BCUT2D eigenvalue weighted by atomic mass is 16.5. The predicted octanol–water partition coefficient (Wildman–Crippen LogP) is 6.51. The molecule has 0 saturated heterocycles. The fourth-order valence-corrected chi connectivity index (χ4v) is 4.05. The smallest absolute Gasteiger partial charge is 0.167 e. The normalized spacial score (nSPS) is 13.6. The van der Waals surface area contributed by atoms with E-state index in [0.717, 1.165) is 17.0 Å². The summed E-state index contributed by atoms with van der Waals surface area (Å²) < 4.78 is 11.4. The molecule has 4 rings (SSSR count). The number of pyridine rings is 1. The molecular weight excluding hydrogens is 424 g/mol. The van der Waals surface area contributed by atoms with Crippen LogP contribution in [0.2, 0.25) is 0 Å². The summed E-state index contributed by atoms with van der Waals surface area (Å²) >= 11 is 0. The number of rotatable bonds is 8. The van der Waals surface area contributed by atoms with Crippen LogP contribution in [0.3, 0.4) is 0 Å². The van der Waals surface area contributed by atoms with Crippen LogP contribution in [0.4, 0.5) is 0 Å². The molecule has 0 aliphatic rings. The zero-order valence-corrected chi connectivity index (χ0v) is 20.4. The Kier molecular flexibility index (Phi) is 6.58. The highest BCUT2D eigenvalue weighted by Gasteiger charge is 2.32. The van der Waals surface area contributed by atoms with Crippen molar-refractivity contribution < 1.29 is 14.4 Å². The third-order valence-corrected chi connectivity index (χ3v) is 6.63. The Labute approximate surface area is 201 Å². The molecule has 1 atom stereocenters. The van der Waals surface area contributed by atoms with Gasteiger partial charge >= 0.3 is 0 Å². The van der Waals surface area contributed by atoms with E-state index < -0.39 is 5.60 Å². The highest BCUT2D eigenvalue weighted by Crippen LogP contribution is 2.40. The van der Waals surface area contributed by atoms with Gasteiger partial charge in [-0.15, -0.1) is 0 Å². The van der Waals surface area contributed by atoms with Gasteiger partial charge in [0.2, 0.25) is 0 Å². The van der Waals surface area contributed by atoms with E-state index in [0.29, 0.717) is 24.0 Å². The molecule has 1 unspecified atom stereocenters. The molecule has 34 heavy (non-hydrogen) atoms. The van der Waals surface area contributed by atoms with Crippen LogP contribution in [0.5, 0.6) is 5.75 Å². The topological polar surface area (TPSA) is 68.4 Å². The van der Waals surface area contributed by atoms with Gasteiger partial charge in [-0.05, 0) is 55.2 Å². The number of ether oxygens (including phenoxy) is 1. The van der Waals surface area contributed by atoms with Gasteiger partial charge in [0.25, 0.3) is 0 Å². The number of aliphatic hydroxyl groups is 1. The molecule has 2 aromatic carbocycles. The molecule has 2 aromatic heterocycles. The molecule has 5 nitrogen and oxygen atoms in total. The quantitative estimate of drug-likeness (QED) is 0.327. The first kappa shape index (κ1) is 23.7. The second-order valence-electron chi connectivity index (χ2n) is 9.70. The van der Waals surface area contributed by atoms with E-state index in [1.807, 2.05) is 30.3 Å². The zero-order chi connectivity index (χ0) is 24.3. The van der Waals surface area contributed by atoms with E-state index in [1.54, 1.807) is 26.1 Å². The van der Waals surface area contributed by atoms with E-state index in [2.05, 4.69) is 67.3 Å². The molecule has 0 aliphatic heterocycles. The van der Waals surface area contributed by atoms with Crippen molar-refractivity contribution in [3.05, 3.63) is 102 Å².